The second-order valence-electron chi connectivity index (χ2n) is 7.79. The summed E-state index contributed by atoms with van der Waals surface area (Å²) in [5.74, 6) is -1.34. The first-order valence-electron chi connectivity index (χ1n) is 10.5. The van der Waals surface area contributed by atoms with Gasteiger partial charge < -0.3 is 37.7 Å². The van der Waals surface area contributed by atoms with Crippen LogP contribution in [0.2, 0.25) is 0 Å². The number of nitriles is 1. The van der Waals surface area contributed by atoms with Gasteiger partial charge in [0.05, 0.1) is 41.2 Å². The van der Waals surface area contributed by atoms with Gasteiger partial charge in [-0.15, -0.1) is 11.3 Å². The van der Waals surface area contributed by atoms with Crippen LogP contribution in [0, 0.1) is 31.6 Å². The van der Waals surface area contributed by atoms with E-state index < -0.39 is 18.0 Å². The standard InChI is InChI=1S/C16H16N2O3S.C6H14N4O2.CH3.Y/c1-9(2)8-21-13-5-4-11(6-12(13)7-17)15-18-10(3)14(22-15)16(19)20;7-4(5(11)12)2-1-3-10-6(8)9;;/h4-6,9H,8H2,1-3H3,(H,19,20);4H,1-3,7H2,(H,11,12)(H4,8,9,10);1H3;/q;;-1;. The van der Waals surface area contributed by atoms with E-state index >= 15 is 0 Å². The number of carboxylic acid groups (broad SMARTS) is 2. The summed E-state index contributed by atoms with van der Waals surface area (Å²) in [6, 6.07) is 6.58. The second-order valence-corrected chi connectivity index (χ2v) is 8.79. The molecule has 2 aromatic rings. The number of carboxylic acids is 2. The van der Waals surface area contributed by atoms with Crippen molar-refractivity contribution in [2.75, 3.05) is 13.2 Å². The number of nitrogens with zero attached hydrogens (tertiary/aromatic N) is 2. The number of quaternary nitrogens is 1. The summed E-state index contributed by atoms with van der Waals surface area (Å²) >= 11 is 1.04. The number of guanidine groups is 1. The molecule has 0 spiro atoms. The number of aromatic nitrogens is 1. The van der Waals surface area contributed by atoms with Crippen LogP contribution in [-0.2, 0) is 37.5 Å². The Bertz CT molecular complexity index is 1060. The molecule has 2 rings (SSSR count). The fraction of sp³-hybridized carbons (Fsp3) is 0.391. The molecule has 36 heavy (non-hydrogen) atoms. The first-order valence-corrected chi connectivity index (χ1v) is 11.3. The van der Waals surface area contributed by atoms with Gasteiger partial charge in [-0.3, -0.25) is 16.5 Å². The van der Waals surface area contributed by atoms with Crippen LogP contribution in [0.5, 0.6) is 5.75 Å². The number of thiazole rings is 1. The van der Waals surface area contributed by atoms with E-state index in [1.54, 1.807) is 25.1 Å². The Morgan fingerprint density at radius 3 is 2.42 bits per heavy atom. The fourth-order valence-corrected chi connectivity index (χ4v) is 3.44. The number of hydrogen-bond donors (Lipinski definition) is 4. The molecular weight excluding hydrogens is 561 g/mol. The number of ether oxygens (including phenoxy) is 1. The van der Waals surface area contributed by atoms with Crippen LogP contribution in [-0.4, -0.2) is 42.1 Å². The van der Waals surface area contributed by atoms with E-state index in [4.69, 9.17) is 16.2 Å². The topological polar surface area (TPSA) is 220 Å². The van der Waals surface area contributed by atoms with E-state index in [2.05, 4.69) is 21.8 Å². The molecule has 11 nitrogen and oxygen atoms in total. The van der Waals surface area contributed by atoms with Crippen molar-refractivity contribution in [2.45, 2.75) is 39.7 Å². The number of aliphatic carboxylic acids is 1. The molecule has 1 heterocycles. The Morgan fingerprint density at radius 1 is 1.31 bits per heavy atom. The van der Waals surface area contributed by atoms with Gasteiger partial charge in [-0.25, -0.2) is 4.98 Å². The van der Waals surface area contributed by atoms with Crippen LogP contribution in [0.3, 0.4) is 0 Å². The van der Waals surface area contributed by atoms with Gasteiger partial charge in [-0.2, -0.15) is 5.26 Å². The third kappa shape index (κ3) is 12.4. The third-order valence-corrected chi connectivity index (χ3v) is 5.48. The first-order chi connectivity index (χ1) is 16.0. The number of aryl methyl sites for hydroxylation is 1. The molecule has 1 radical (unpaired) electrons. The normalized spacial score (nSPS) is 10.4. The van der Waals surface area contributed by atoms with Crippen molar-refractivity contribution in [2.24, 2.45) is 17.4 Å². The van der Waals surface area contributed by atoms with E-state index in [-0.39, 0.29) is 51.0 Å². The van der Waals surface area contributed by atoms with Gasteiger partial charge >= 0.3 is 5.96 Å². The third-order valence-electron chi connectivity index (χ3n) is 4.29. The number of carbonyl (C=O) groups is 2. The van der Waals surface area contributed by atoms with Crippen LogP contribution in [0.15, 0.2) is 18.2 Å². The largest absolute Gasteiger partial charge is 0.544 e. The number of hydrogen-bond acceptors (Lipinski definition) is 8. The summed E-state index contributed by atoms with van der Waals surface area (Å²) in [7, 11) is 0. The molecule has 0 amide bonds. The van der Waals surface area contributed by atoms with E-state index in [0.29, 0.717) is 59.5 Å². The zero-order valence-electron chi connectivity index (χ0n) is 21.0. The van der Waals surface area contributed by atoms with E-state index in [1.807, 2.05) is 13.8 Å². The van der Waals surface area contributed by atoms with Gasteiger partial charge in [0, 0.05) is 44.7 Å². The molecule has 1 unspecified atom stereocenters. The molecule has 8 N–H and O–H groups in total. The second kappa shape index (κ2) is 17.8. The number of nitrogens with one attached hydrogen (secondary N) is 1. The van der Waals surface area contributed by atoms with Crippen molar-refractivity contribution in [3.63, 3.8) is 0 Å². The summed E-state index contributed by atoms with van der Waals surface area (Å²) in [4.78, 5) is 28.2. The number of rotatable bonds is 10. The van der Waals surface area contributed by atoms with Crippen molar-refractivity contribution in [3.8, 4) is 22.4 Å². The molecule has 1 aromatic heterocycles. The van der Waals surface area contributed by atoms with Gasteiger partial charge in [0.2, 0.25) is 0 Å². The fourth-order valence-electron chi connectivity index (χ4n) is 2.54. The molecule has 0 saturated carbocycles. The minimum atomic E-state index is -1.24. The van der Waals surface area contributed by atoms with E-state index in [1.165, 1.54) is 0 Å². The molecule has 0 aliphatic carbocycles. The number of carbonyl (C=O) groups excluding carboxylic acids is 2. The molecule has 0 bridgehead atoms. The average molecular weight is 595 g/mol. The van der Waals surface area contributed by atoms with Crippen molar-refractivity contribution < 1.29 is 68.0 Å². The maximum atomic E-state index is 11.0. The Labute approximate surface area is 240 Å². The summed E-state index contributed by atoms with van der Waals surface area (Å²) in [6.07, 6.45) is 1.11. The Kier molecular flexibility index (Phi) is 17.6. The average Bonchev–Trinajstić information content (AvgIpc) is 3.17. The predicted octanol–water partition coefficient (Wildman–Crippen LogP) is -2.68. The van der Waals surface area contributed by atoms with Crippen LogP contribution >= 0.6 is 11.3 Å². The Morgan fingerprint density at radius 2 is 1.94 bits per heavy atom. The van der Waals surface area contributed by atoms with Gasteiger partial charge in [0.15, 0.2) is 0 Å². The Balaban J connectivity index is 0. The quantitative estimate of drug-likeness (QED) is 0.0973. The SMILES string of the molecule is Cc1nc(-c2ccc(OCC(C)C)c(C#N)c2)sc1C(=O)[O-].NC(N)=[NH+]CCCC([NH3+])C(=O)[O-].[CH3-].[Y]. The molecule has 1 atom stereocenters. The summed E-state index contributed by atoms with van der Waals surface area (Å²) < 4.78 is 5.60. The molecule has 0 aliphatic heterocycles. The first kappa shape index (κ1) is 35.6. The number of nitrogens with two attached hydrogens (primary N) is 2. The van der Waals surface area contributed by atoms with Crippen LogP contribution < -0.4 is 37.1 Å². The van der Waals surface area contributed by atoms with Crippen molar-refractivity contribution >= 4 is 29.2 Å². The molecule has 0 fully saturated rings. The molecule has 1 aromatic carbocycles. The zero-order chi connectivity index (χ0) is 25.8. The monoisotopic (exact) mass is 594 g/mol. The van der Waals surface area contributed by atoms with Gasteiger partial charge in [0.1, 0.15) is 22.9 Å². The van der Waals surface area contributed by atoms with Crippen LogP contribution in [0.4, 0.5) is 0 Å². The van der Waals surface area contributed by atoms with Crippen molar-refractivity contribution in [3.05, 3.63) is 41.8 Å². The number of aromatic carboxylic acids is 1. The van der Waals surface area contributed by atoms with Crippen molar-refractivity contribution in [1.29, 1.82) is 5.26 Å². The van der Waals surface area contributed by atoms with E-state index in [0.717, 1.165) is 11.3 Å². The van der Waals surface area contributed by atoms with Gasteiger partial charge in [0.25, 0.3) is 0 Å². The molecule has 0 saturated heterocycles. The van der Waals surface area contributed by atoms with Gasteiger partial charge in [-0.1, -0.05) is 13.8 Å². The zero-order valence-corrected chi connectivity index (χ0v) is 24.7. The summed E-state index contributed by atoms with van der Waals surface area (Å²) in [5.41, 5.74) is 15.1. The minimum absolute atomic E-state index is 0. The molecule has 13 heteroatoms. The molecule has 195 valence electrons. The van der Waals surface area contributed by atoms with Crippen LogP contribution in [0.25, 0.3) is 10.6 Å². The Hall–Kier alpha value is -2.59. The molecular formula is C23H33N6O5SY-. The van der Waals surface area contributed by atoms with Crippen molar-refractivity contribution in [1.82, 2.24) is 4.98 Å². The summed E-state index contributed by atoms with van der Waals surface area (Å²) in [6.45, 7) is 6.76. The van der Waals surface area contributed by atoms with Gasteiger partial charge in [-0.05, 0) is 37.5 Å². The smallest absolute Gasteiger partial charge is 0.338 e. The predicted molar refractivity (Wildman–Crippen MR) is 128 cm³/mol. The summed E-state index contributed by atoms with van der Waals surface area (Å²) in [5, 5.41) is 31.0. The minimum Gasteiger partial charge on any atom is -0.544 e. The maximum Gasteiger partial charge on any atom is 0.338 e. The number of benzene rings is 1. The maximum absolute atomic E-state index is 11.0. The van der Waals surface area contributed by atoms with Crippen LogP contribution in [0.1, 0.15) is 47.6 Å². The van der Waals surface area contributed by atoms with E-state index in [9.17, 15) is 25.1 Å². The molecule has 0 aliphatic rings.